The van der Waals surface area contributed by atoms with E-state index in [0.717, 1.165) is 0 Å². The summed E-state index contributed by atoms with van der Waals surface area (Å²) in [6.07, 6.45) is 0.288. The maximum atomic E-state index is 11.6. The van der Waals surface area contributed by atoms with E-state index < -0.39 is 14.9 Å². The summed E-state index contributed by atoms with van der Waals surface area (Å²) in [6, 6.07) is 4.30. The first-order valence-corrected chi connectivity index (χ1v) is 7.36. The van der Waals surface area contributed by atoms with E-state index in [4.69, 9.17) is 11.6 Å². The van der Waals surface area contributed by atoms with Crippen LogP contribution in [0, 0.1) is 17.0 Å². The molecule has 0 heterocycles. The lowest BCUT2D eigenvalue weighted by atomic mass is 10.2. The van der Waals surface area contributed by atoms with Crippen molar-refractivity contribution in [3.8, 4) is 0 Å². The molecule has 0 aliphatic rings. The zero-order valence-electron chi connectivity index (χ0n) is 9.72. The molecule has 0 fully saturated rings. The molecule has 0 radical (unpaired) electrons. The van der Waals surface area contributed by atoms with Crippen molar-refractivity contribution < 1.29 is 13.3 Å². The summed E-state index contributed by atoms with van der Waals surface area (Å²) in [6.45, 7) is 1.69. The maximum absolute atomic E-state index is 11.6. The van der Waals surface area contributed by atoms with Gasteiger partial charge >= 0.3 is 0 Å². The number of halogens is 1. The average molecular weight is 293 g/mol. The van der Waals surface area contributed by atoms with Crippen LogP contribution in [0.5, 0.6) is 0 Å². The number of aryl methyl sites for hydroxylation is 1. The lowest BCUT2D eigenvalue weighted by molar-refractivity contribution is -0.383. The van der Waals surface area contributed by atoms with Crippen molar-refractivity contribution in [3.05, 3.63) is 33.9 Å². The van der Waals surface area contributed by atoms with Gasteiger partial charge in [0.05, 0.1) is 10.7 Å². The minimum absolute atomic E-state index is 0.0276. The van der Waals surface area contributed by atoms with Gasteiger partial charge in [0, 0.05) is 11.9 Å². The van der Waals surface area contributed by atoms with Gasteiger partial charge in [-0.1, -0.05) is 6.07 Å². The summed E-state index contributed by atoms with van der Waals surface area (Å²) in [5, 5.41) is 10.8. The number of rotatable bonds is 6. The van der Waals surface area contributed by atoms with E-state index in [-0.39, 0.29) is 29.4 Å². The van der Waals surface area contributed by atoms with Crippen LogP contribution >= 0.6 is 11.6 Å². The molecule has 1 aromatic rings. The first kappa shape index (κ1) is 14.7. The molecule has 0 unspecified atom stereocenters. The molecule has 0 atom stereocenters. The minimum Gasteiger partial charge on any atom is -0.277 e. The van der Waals surface area contributed by atoms with Crippen LogP contribution < -0.4 is 4.72 Å². The SMILES string of the molecule is Cc1ccc(NS(=O)(=O)CCCCl)c([N+](=O)[O-])c1. The second-order valence-electron chi connectivity index (χ2n) is 3.74. The molecule has 0 saturated carbocycles. The highest BCUT2D eigenvalue weighted by atomic mass is 35.5. The fourth-order valence-corrected chi connectivity index (χ4v) is 2.77. The van der Waals surface area contributed by atoms with Crippen molar-refractivity contribution in [2.45, 2.75) is 13.3 Å². The van der Waals surface area contributed by atoms with Gasteiger partial charge < -0.3 is 0 Å². The first-order valence-electron chi connectivity index (χ1n) is 5.17. The van der Waals surface area contributed by atoms with Crippen LogP contribution in [0.4, 0.5) is 11.4 Å². The fourth-order valence-electron chi connectivity index (χ4n) is 1.34. The molecule has 1 N–H and O–H groups in total. The number of hydrogen-bond acceptors (Lipinski definition) is 4. The van der Waals surface area contributed by atoms with E-state index in [1.54, 1.807) is 13.0 Å². The van der Waals surface area contributed by atoms with Gasteiger partial charge in [0.25, 0.3) is 5.69 Å². The van der Waals surface area contributed by atoms with Crippen LogP contribution in [0.2, 0.25) is 0 Å². The topological polar surface area (TPSA) is 89.3 Å². The average Bonchev–Trinajstić information content (AvgIpc) is 2.28. The number of benzene rings is 1. The van der Waals surface area contributed by atoms with Gasteiger partial charge in [-0.25, -0.2) is 8.42 Å². The monoisotopic (exact) mass is 292 g/mol. The summed E-state index contributed by atoms with van der Waals surface area (Å²) >= 11 is 5.41. The maximum Gasteiger partial charge on any atom is 0.293 e. The normalized spacial score (nSPS) is 11.2. The molecule has 6 nitrogen and oxygen atoms in total. The number of anilines is 1. The standard InChI is InChI=1S/C10H13ClN2O4S/c1-8-3-4-9(10(7-8)13(14)15)12-18(16,17)6-2-5-11/h3-4,7,12H,2,5-6H2,1H3. The fraction of sp³-hybridized carbons (Fsp3) is 0.400. The molecule has 100 valence electrons. The second-order valence-corrected chi connectivity index (χ2v) is 5.96. The van der Waals surface area contributed by atoms with E-state index in [9.17, 15) is 18.5 Å². The quantitative estimate of drug-likeness (QED) is 0.495. The Morgan fingerprint density at radius 1 is 1.44 bits per heavy atom. The van der Waals surface area contributed by atoms with E-state index >= 15 is 0 Å². The van der Waals surface area contributed by atoms with Crippen LogP contribution in [0.15, 0.2) is 18.2 Å². The predicted molar refractivity (Wildman–Crippen MR) is 70.6 cm³/mol. The summed E-state index contributed by atoms with van der Waals surface area (Å²) in [5.41, 5.74) is 0.398. The predicted octanol–water partition coefficient (Wildman–Crippen LogP) is 2.27. The lowest BCUT2D eigenvalue weighted by Crippen LogP contribution is -2.17. The molecule has 0 aliphatic heterocycles. The Labute approximate surface area is 110 Å². The molecule has 0 saturated heterocycles. The number of nitro benzene ring substituents is 1. The van der Waals surface area contributed by atoms with Crippen molar-refractivity contribution in [1.82, 2.24) is 0 Å². The molecular weight excluding hydrogens is 280 g/mol. The third-order valence-electron chi connectivity index (χ3n) is 2.16. The van der Waals surface area contributed by atoms with Crippen molar-refractivity contribution in [2.75, 3.05) is 16.4 Å². The third kappa shape index (κ3) is 4.15. The summed E-state index contributed by atoms with van der Waals surface area (Å²) in [4.78, 5) is 10.2. The van der Waals surface area contributed by atoms with Crippen molar-refractivity contribution in [1.29, 1.82) is 0 Å². The number of hydrogen-bond donors (Lipinski definition) is 1. The Balaban J connectivity index is 3.01. The van der Waals surface area contributed by atoms with E-state index in [1.807, 2.05) is 0 Å². The van der Waals surface area contributed by atoms with Crippen molar-refractivity contribution in [2.24, 2.45) is 0 Å². The van der Waals surface area contributed by atoms with Crippen molar-refractivity contribution in [3.63, 3.8) is 0 Å². The van der Waals surface area contributed by atoms with Crippen LogP contribution in [0.1, 0.15) is 12.0 Å². The van der Waals surface area contributed by atoms with Crippen molar-refractivity contribution >= 4 is 33.0 Å². The molecule has 1 aromatic carbocycles. The van der Waals surface area contributed by atoms with E-state index in [2.05, 4.69) is 4.72 Å². The Kier molecular flexibility index (Phi) is 4.92. The zero-order chi connectivity index (χ0) is 13.8. The second kappa shape index (κ2) is 6.01. The van der Waals surface area contributed by atoms with Crippen LogP contribution in [0.25, 0.3) is 0 Å². The highest BCUT2D eigenvalue weighted by molar-refractivity contribution is 7.92. The Bertz CT molecular complexity index is 545. The molecule has 0 bridgehead atoms. The molecule has 0 spiro atoms. The molecular formula is C10H13ClN2O4S. The van der Waals surface area contributed by atoms with Gasteiger partial charge in [-0.15, -0.1) is 11.6 Å². The summed E-state index contributed by atoms with van der Waals surface area (Å²) < 4.78 is 25.5. The van der Waals surface area contributed by atoms with Gasteiger partial charge in [-0.05, 0) is 25.0 Å². The Morgan fingerprint density at radius 3 is 2.67 bits per heavy atom. The minimum atomic E-state index is -3.60. The van der Waals surface area contributed by atoms with Gasteiger partial charge in [-0.3, -0.25) is 14.8 Å². The van der Waals surface area contributed by atoms with Gasteiger partial charge in [-0.2, -0.15) is 0 Å². The molecule has 18 heavy (non-hydrogen) atoms. The zero-order valence-corrected chi connectivity index (χ0v) is 11.3. The highest BCUT2D eigenvalue weighted by Gasteiger charge is 2.18. The highest BCUT2D eigenvalue weighted by Crippen LogP contribution is 2.26. The smallest absolute Gasteiger partial charge is 0.277 e. The molecule has 8 heteroatoms. The van der Waals surface area contributed by atoms with Gasteiger partial charge in [0.15, 0.2) is 0 Å². The van der Waals surface area contributed by atoms with Crippen LogP contribution in [-0.4, -0.2) is 25.0 Å². The number of nitro groups is 1. The van der Waals surface area contributed by atoms with E-state index in [0.29, 0.717) is 5.56 Å². The van der Waals surface area contributed by atoms with Gasteiger partial charge in [0.2, 0.25) is 10.0 Å². The Hall–Kier alpha value is -1.34. The molecule has 0 aliphatic carbocycles. The Morgan fingerprint density at radius 2 is 2.11 bits per heavy atom. The van der Waals surface area contributed by atoms with Gasteiger partial charge in [0.1, 0.15) is 5.69 Å². The number of nitrogens with zero attached hydrogens (tertiary/aromatic N) is 1. The first-order chi connectivity index (χ1) is 8.35. The molecule has 1 rings (SSSR count). The number of sulfonamides is 1. The summed E-state index contributed by atoms with van der Waals surface area (Å²) in [5.74, 6) is 0.0540. The summed E-state index contributed by atoms with van der Waals surface area (Å²) in [7, 11) is -3.60. The van der Waals surface area contributed by atoms with Crippen LogP contribution in [-0.2, 0) is 10.0 Å². The lowest BCUT2D eigenvalue weighted by Gasteiger charge is -2.08. The number of alkyl halides is 1. The third-order valence-corrected chi connectivity index (χ3v) is 3.79. The molecule has 0 amide bonds. The largest absolute Gasteiger partial charge is 0.293 e. The number of nitrogens with one attached hydrogen (secondary N) is 1. The molecule has 0 aromatic heterocycles. The van der Waals surface area contributed by atoms with E-state index in [1.165, 1.54) is 12.1 Å². The van der Waals surface area contributed by atoms with Crippen LogP contribution in [0.3, 0.4) is 0 Å².